The van der Waals surface area contributed by atoms with Gasteiger partial charge in [-0.2, -0.15) is 5.10 Å². The molecule has 0 aromatic carbocycles. The molecule has 0 saturated heterocycles. The van der Waals surface area contributed by atoms with E-state index in [0.717, 1.165) is 17.8 Å². The molecule has 0 atom stereocenters. The van der Waals surface area contributed by atoms with Crippen molar-refractivity contribution in [2.24, 2.45) is 5.92 Å². The van der Waals surface area contributed by atoms with E-state index in [1.54, 1.807) is 10.6 Å². The molecule has 1 N–H and O–H groups in total. The summed E-state index contributed by atoms with van der Waals surface area (Å²) in [6.45, 7) is 6.36. The number of rotatable bonds is 3. The van der Waals surface area contributed by atoms with Crippen LogP contribution in [0.2, 0.25) is 0 Å². The summed E-state index contributed by atoms with van der Waals surface area (Å²) in [5.41, 5.74) is 2.65. The summed E-state index contributed by atoms with van der Waals surface area (Å²) < 4.78 is 1.69. The van der Waals surface area contributed by atoms with Gasteiger partial charge in [0.05, 0.1) is 5.69 Å². The largest absolute Gasteiger partial charge is 0.476 e. The minimum atomic E-state index is -1.01. The maximum Gasteiger partial charge on any atom is 0.356 e. The molecule has 0 unspecified atom stereocenters. The lowest BCUT2D eigenvalue weighted by Gasteiger charge is -2.23. The van der Waals surface area contributed by atoms with E-state index in [-0.39, 0.29) is 11.1 Å². The molecule has 1 fully saturated rings. The molecule has 0 radical (unpaired) electrons. The van der Waals surface area contributed by atoms with Crippen molar-refractivity contribution in [3.63, 3.8) is 0 Å². The number of fused-ring (bicyclic) bond motifs is 1. The van der Waals surface area contributed by atoms with Crippen LogP contribution in [0.3, 0.4) is 0 Å². The maximum atomic E-state index is 11.2. The van der Waals surface area contributed by atoms with Gasteiger partial charge in [0.25, 0.3) is 0 Å². The third-order valence-corrected chi connectivity index (χ3v) is 4.69. The van der Waals surface area contributed by atoms with Crippen molar-refractivity contribution in [1.29, 1.82) is 0 Å². The van der Waals surface area contributed by atoms with Gasteiger partial charge in [0, 0.05) is 17.2 Å². The Bertz CT molecular complexity index is 722. The van der Waals surface area contributed by atoms with Crippen LogP contribution in [0.5, 0.6) is 0 Å². The molecule has 5 nitrogen and oxygen atoms in total. The Balaban J connectivity index is 2.03. The lowest BCUT2D eigenvalue weighted by Crippen LogP contribution is -2.19. The molecule has 0 aliphatic heterocycles. The zero-order valence-corrected chi connectivity index (χ0v) is 14.2. The summed E-state index contributed by atoms with van der Waals surface area (Å²) >= 11 is 0. The van der Waals surface area contributed by atoms with Crippen molar-refractivity contribution in [2.45, 2.75) is 64.7 Å². The molecule has 5 heteroatoms. The molecule has 0 amide bonds. The molecule has 1 aliphatic carbocycles. The SMILES string of the molecule is CC(C)(C)c1cc(CC2CCCCC2)nc2cc(C(=O)O)nn12. The topological polar surface area (TPSA) is 67.5 Å². The molecule has 3 rings (SSSR count). The van der Waals surface area contributed by atoms with Gasteiger partial charge >= 0.3 is 5.97 Å². The smallest absolute Gasteiger partial charge is 0.356 e. The number of aromatic carboxylic acids is 1. The van der Waals surface area contributed by atoms with Crippen LogP contribution in [0, 0.1) is 5.92 Å². The van der Waals surface area contributed by atoms with E-state index in [1.165, 1.54) is 32.1 Å². The highest BCUT2D eigenvalue weighted by Gasteiger charge is 2.23. The van der Waals surface area contributed by atoms with Gasteiger partial charge in [-0.25, -0.2) is 14.3 Å². The van der Waals surface area contributed by atoms with Crippen LogP contribution in [0.25, 0.3) is 5.65 Å². The maximum absolute atomic E-state index is 11.2. The Morgan fingerprint density at radius 3 is 2.57 bits per heavy atom. The summed E-state index contributed by atoms with van der Waals surface area (Å²) in [6, 6.07) is 3.68. The Morgan fingerprint density at radius 2 is 1.96 bits per heavy atom. The fourth-order valence-electron chi connectivity index (χ4n) is 3.46. The molecule has 23 heavy (non-hydrogen) atoms. The van der Waals surface area contributed by atoms with Crippen molar-refractivity contribution in [2.75, 3.05) is 0 Å². The normalized spacial score (nSPS) is 16.8. The molecular weight excluding hydrogens is 290 g/mol. The first-order chi connectivity index (χ1) is 10.8. The predicted molar refractivity (Wildman–Crippen MR) is 88.9 cm³/mol. The monoisotopic (exact) mass is 315 g/mol. The Labute approximate surface area is 136 Å². The average molecular weight is 315 g/mol. The first kappa shape index (κ1) is 16.0. The number of carbonyl (C=O) groups is 1. The number of aromatic nitrogens is 3. The third-order valence-electron chi connectivity index (χ3n) is 4.69. The van der Waals surface area contributed by atoms with Crippen LogP contribution in [-0.4, -0.2) is 25.7 Å². The second kappa shape index (κ2) is 5.95. The van der Waals surface area contributed by atoms with Crippen LogP contribution in [0.15, 0.2) is 12.1 Å². The predicted octanol–water partition coefficient (Wildman–Crippen LogP) is 3.85. The number of hydrogen-bond donors (Lipinski definition) is 1. The number of hydrogen-bond acceptors (Lipinski definition) is 3. The molecule has 2 aromatic heterocycles. The summed E-state index contributed by atoms with van der Waals surface area (Å²) in [5, 5.41) is 13.4. The fourth-order valence-corrected chi connectivity index (χ4v) is 3.46. The molecule has 124 valence electrons. The highest BCUT2D eigenvalue weighted by Crippen LogP contribution is 2.29. The molecule has 1 saturated carbocycles. The van der Waals surface area contributed by atoms with Crippen LogP contribution in [0.4, 0.5) is 0 Å². The van der Waals surface area contributed by atoms with Crippen LogP contribution in [-0.2, 0) is 11.8 Å². The van der Waals surface area contributed by atoms with Gasteiger partial charge < -0.3 is 5.11 Å². The minimum Gasteiger partial charge on any atom is -0.476 e. The zero-order valence-electron chi connectivity index (χ0n) is 14.2. The van der Waals surface area contributed by atoms with Crippen molar-refractivity contribution < 1.29 is 9.90 Å². The second-order valence-corrected chi connectivity index (χ2v) is 7.70. The van der Waals surface area contributed by atoms with Crippen molar-refractivity contribution in [1.82, 2.24) is 14.6 Å². The van der Waals surface area contributed by atoms with Gasteiger partial charge in [-0.05, 0) is 18.4 Å². The van der Waals surface area contributed by atoms with Gasteiger partial charge in [0.15, 0.2) is 11.3 Å². The first-order valence-electron chi connectivity index (χ1n) is 8.48. The van der Waals surface area contributed by atoms with Crippen LogP contribution >= 0.6 is 0 Å². The van der Waals surface area contributed by atoms with Crippen molar-refractivity contribution in [3.8, 4) is 0 Å². The van der Waals surface area contributed by atoms with Crippen molar-refractivity contribution >= 4 is 11.6 Å². The Kier molecular flexibility index (Phi) is 4.13. The van der Waals surface area contributed by atoms with E-state index < -0.39 is 5.97 Å². The van der Waals surface area contributed by atoms with Gasteiger partial charge in [0.1, 0.15) is 0 Å². The van der Waals surface area contributed by atoms with E-state index in [9.17, 15) is 9.90 Å². The molecular formula is C18H25N3O2. The Morgan fingerprint density at radius 1 is 1.26 bits per heavy atom. The lowest BCUT2D eigenvalue weighted by molar-refractivity contribution is 0.0690. The highest BCUT2D eigenvalue weighted by molar-refractivity contribution is 5.86. The molecule has 0 spiro atoms. The second-order valence-electron chi connectivity index (χ2n) is 7.70. The van der Waals surface area contributed by atoms with Gasteiger partial charge in [-0.1, -0.05) is 52.9 Å². The molecule has 2 heterocycles. The lowest BCUT2D eigenvalue weighted by atomic mass is 9.85. The fraction of sp³-hybridized carbons (Fsp3) is 0.611. The summed E-state index contributed by atoms with van der Waals surface area (Å²) in [7, 11) is 0. The van der Waals surface area contributed by atoms with Gasteiger partial charge in [-0.15, -0.1) is 0 Å². The summed E-state index contributed by atoms with van der Waals surface area (Å²) in [4.78, 5) is 15.9. The summed E-state index contributed by atoms with van der Waals surface area (Å²) in [6.07, 6.45) is 7.51. The quantitative estimate of drug-likeness (QED) is 0.934. The number of carboxylic acids is 1. The van der Waals surface area contributed by atoms with Gasteiger partial charge in [-0.3, -0.25) is 0 Å². The Hall–Kier alpha value is -1.91. The molecule has 0 bridgehead atoms. The van der Waals surface area contributed by atoms with Crippen LogP contribution in [0.1, 0.15) is 74.8 Å². The average Bonchev–Trinajstić information content (AvgIpc) is 2.90. The van der Waals surface area contributed by atoms with E-state index in [1.807, 2.05) is 0 Å². The van der Waals surface area contributed by atoms with E-state index in [4.69, 9.17) is 0 Å². The minimum absolute atomic E-state index is 0.0535. The standard InChI is InChI=1S/C18H25N3O2/c1-18(2,3)15-10-13(9-12-7-5-4-6-8-12)19-16-11-14(17(22)23)20-21(15)16/h10-12H,4-9H2,1-3H3,(H,22,23). The first-order valence-corrected chi connectivity index (χ1v) is 8.48. The number of carboxylic acid groups (broad SMARTS) is 1. The van der Waals surface area contributed by atoms with Crippen molar-refractivity contribution in [3.05, 3.63) is 29.2 Å². The molecule has 1 aliphatic rings. The zero-order chi connectivity index (χ0) is 16.6. The van der Waals surface area contributed by atoms with Crippen LogP contribution < -0.4 is 0 Å². The third kappa shape index (κ3) is 3.38. The van der Waals surface area contributed by atoms with Gasteiger partial charge in [0.2, 0.25) is 0 Å². The molecule has 2 aromatic rings. The van der Waals surface area contributed by atoms with E-state index in [2.05, 4.69) is 36.9 Å². The number of nitrogens with zero attached hydrogens (tertiary/aromatic N) is 3. The van der Waals surface area contributed by atoms with E-state index >= 15 is 0 Å². The summed E-state index contributed by atoms with van der Waals surface area (Å²) in [5.74, 6) is -0.308. The van der Waals surface area contributed by atoms with E-state index in [0.29, 0.717) is 11.6 Å². The highest BCUT2D eigenvalue weighted by atomic mass is 16.4.